The number of piperazine rings is 1. The number of benzene rings is 1. The van der Waals surface area contributed by atoms with E-state index >= 15 is 0 Å². The second kappa shape index (κ2) is 11.9. The number of carbonyl (C=O) groups is 1. The number of halogens is 1. The van der Waals surface area contributed by atoms with Crippen LogP contribution in [0.5, 0.6) is 0 Å². The summed E-state index contributed by atoms with van der Waals surface area (Å²) in [6.45, 7) is 8.10. The Bertz CT molecular complexity index is 1390. The molecule has 42 heavy (non-hydrogen) atoms. The lowest BCUT2D eigenvalue weighted by molar-refractivity contribution is -0.128. The molecular formula is C32H41FN8O. The van der Waals surface area contributed by atoms with Gasteiger partial charge in [0.15, 0.2) is 0 Å². The summed E-state index contributed by atoms with van der Waals surface area (Å²) in [7, 11) is 4.24. The van der Waals surface area contributed by atoms with Gasteiger partial charge >= 0.3 is 0 Å². The van der Waals surface area contributed by atoms with Crippen LogP contribution in [-0.4, -0.2) is 97.2 Å². The van der Waals surface area contributed by atoms with E-state index < -0.39 is 0 Å². The number of likely N-dealkylation sites (N-methyl/N-ethyl adjacent to an activating group) is 1. The maximum atomic E-state index is 14.3. The molecule has 0 spiro atoms. The fourth-order valence-electron chi connectivity index (χ4n) is 7.27. The summed E-state index contributed by atoms with van der Waals surface area (Å²) >= 11 is 0. The van der Waals surface area contributed by atoms with E-state index in [0.717, 1.165) is 81.3 Å². The summed E-state index contributed by atoms with van der Waals surface area (Å²) < 4.78 is 14.3. The molecule has 0 bridgehead atoms. The van der Waals surface area contributed by atoms with E-state index in [1.54, 1.807) is 17.0 Å². The van der Waals surface area contributed by atoms with E-state index in [2.05, 4.69) is 46.3 Å². The number of aromatic nitrogens is 2. The lowest BCUT2D eigenvalue weighted by Gasteiger charge is -2.43. The van der Waals surface area contributed by atoms with E-state index in [4.69, 9.17) is 9.97 Å². The van der Waals surface area contributed by atoms with Crippen LogP contribution >= 0.6 is 0 Å². The van der Waals surface area contributed by atoms with E-state index in [1.807, 2.05) is 6.07 Å². The predicted molar refractivity (Wildman–Crippen MR) is 162 cm³/mol. The topological polar surface area (TPSA) is 82.8 Å². The molecule has 1 amide bonds. The van der Waals surface area contributed by atoms with Crippen LogP contribution in [0.3, 0.4) is 0 Å². The summed E-state index contributed by atoms with van der Waals surface area (Å²) in [6, 6.07) is 7.97. The summed E-state index contributed by atoms with van der Waals surface area (Å²) in [5, 5.41) is 9.54. The van der Waals surface area contributed by atoms with Crippen molar-refractivity contribution in [2.75, 3.05) is 68.1 Å². The number of rotatable bonds is 6. The van der Waals surface area contributed by atoms with Gasteiger partial charge in [0.2, 0.25) is 11.9 Å². The third kappa shape index (κ3) is 5.42. The third-order valence-electron chi connectivity index (χ3n) is 9.60. The molecule has 9 nitrogen and oxygen atoms in total. The number of fused-ring (bicyclic) bond motifs is 2. The molecule has 4 aliphatic rings. The van der Waals surface area contributed by atoms with Gasteiger partial charge in [-0.3, -0.25) is 4.79 Å². The second-order valence-corrected chi connectivity index (χ2v) is 12.3. The van der Waals surface area contributed by atoms with Crippen molar-refractivity contribution in [3.8, 4) is 6.07 Å². The highest BCUT2D eigenvalue weighted by Gasteiger charge is 2.36. The van der Waals surface area contributed by atoms with E-state index in [0.29, 0.717) is 25.7 Å². The van der Waals surface area contributed by atoms with Crippen molar-refractivity contribution in [1.82, 2.24) is 19.8 Å². The summed E-state index contributed by atoms with van der Waals surface area (Å²) in [4.78, 5) is 34.0. The maximum Gasteiger partial charge on any atom is 0.246 e. The first kappa shape index (κ1) is 28.4. The van der Waals surface area contributed by atoms with Crippen LogP contribution in [0.25, 0.3) is 0 Å². The largest absolute Gasteiger partial charge is 0.368 e. The summed E-state index contributed by atoms with van der Waals surface area (Å²) in [6.07, 6.45) is 7.29. The minimum absolute atomic E-state index is 0.131. The molecule has 1 aromatic heterocycles. The molecule has 1 aliphatic carbocycles. The van der Waals surface area contributed by atoms with Gasteiger partial charge in [0.1, 0.15) is 11.6 Å². The van der Waals surface area contributed by atoms with Gasteiger partial charge in [-0.2, -0.15) is 10.2 Å². The van der Waals surface area contributed by atoms with Crippen molar-refractivity contribution in [2.24, 2.45) is 0 Å². The van der Waals surface area contributed by atoms with Crippen LogP contribution in [0.2, 0.25) is 0 Å². The van der Waals surface area contributed by atoms with Gasteiger partial charge in [0.25, 0.3) is 0 Å². The van der Waals surface area contributed by atoms with Crippen molar-refractivity contribution in [3.63, 3.8) is 0 Å². The molecule has 0 saturated carbocycles. The number of aryl methyl sites for hydroxylation is 1. The number of hydrogen-bond acceptors (Lipinski definition) is 8. The molecule has 2 aromatic rings. The zero-order valence-corrected chi connectivity index (χ0v) is 24.8. The Kier molecular flexibility index (Phi) is 8.04. The van der Waals surface area contributed by atoms with Crippen molar-refractivity contribution < 1.29 is 9.18 Å². The van der Waals surface area contributed by atoms with Crippen LogP contribution in [0, 0.1) is 17.1 Å². The predicted octanol–water partition coefficient (Wildman–Crippen LogP) is 3.18. The van der Waals surface area contributed by atoms with Gasteiger partial charge in [-0.05, 0) is 70.0 Å². The SMILES string of the molecule is C=CC(=O)N1CCN(c2nc(N3CC[C@H](N(C)C)C3)nc3c2CC[C@@H](N2CCCc4ccc(F)cc42)C3)C[C@@H]1CC#N. The molecule has 222 valence electrons. The highest BCUT2D eigenvalue weighted by atomic mass is 19.1. The van der Waals surface area contributed by atoms with Gasteiger partial charge < -0.3 is 24.5 Å². The standard InChI is InChI=1S/C32H41FN8O/c1-4-30(42)41-17-16-38(21-26(41)11-13-34)31-27-10-9-24(40-14-5-6-22-7-8-23(33)18-29(22)40)19-28(27)35-32(36-31)39-15-12-25(20-39)37(2)3/h4,7-8,18,24-26H,1,5-6,9-12,14-17,19-21H2,2-3H3/t24-,25+,26+/m1/s1. The molecule has 3 atom stereocenters. The van der Waals surface area contributed by atoms with E-state index in [1.165, 1.54) is 17.2 Å². The molecule has 6 rings (SSSR count). The van der Waals surface area contributed by atoms with E-state index in [-0.39, 0.29) is 30.2 Å². The molecule has 3 aliphatic heterocycles. The number of nitriles is 1. The molecule has 1 aromatic carbocycles. The van der Waals surface area contributed by atoms with Gasteiger partial charge in [-0.15, -0.1) is 0 Å². The first-order valence-electron chi connectivity index (χ1n) is 15.3. The van der Waals surface area contributed by atoms with Crippen molar-refractivity contribution in [1.29, 1.82) is 5.26 Å². The van der Waals surface area contributed by atoms with Crippen LogP contribution in [0.1, 0.15) is 42.5 Å². The first-order chi connectivity index (χ1) is 20.4. The van der Waals surface area contributed by atoms with Crippen LogP contribution in [0.4, 0.5) is 21.8 Å². The Hall–Kier alpha value is -3.71. The average Bonchev–Trinajstić information content (AvgIpc) is 3.51. The number of amides is 1. The zero-order chi connectivity index (χ0) is 29.4. The number of hydrogen-bond donors (Lipinski definition) is 0. The number of anilines is 3. The maximum absolute atomic E-state index is 14.3. The fourth-order valence-corrected chi connectivity index (χ4v) is 7.27. The molecular weight excluding hydrogens is 531 g/mol. The number of carbonyl (C=O) groups excluding carboxylic acids is 1. The molecule has 10 heteroatoms. The zero-order valence-electron chi connectivity index (χ0n) is 24.8. The third-order valence-corrected chi connectivity index (χ3v) is 9.60. The van der Waals surface area contributed by atoms with Gasteiger partial charge in [-0.1, -0.05) is 12.6 Å². The Morgan fingerprint density at radius 3 is 2.76 bits per heavy atom. The Morgan fingerprint density at radius 2 is 2.00 bits per heavy atom. The first-order valence-corrected chi connectivity index (χ1v) is 15.3. The molecule has 4 heterocycles. The van der Waals surface area contributed by atoms with Crippen molar-refractivity contribution in [3.05, 3.63) is 53.5 Å². The Morgan fingerprint density at radius 1 is 1.14 bits per heavy atom. The lowest BCUT2D eigenvalue weighted by atomic mass is 9.88. The average molecular weight is 573 g/mol. The van der Waals surface area contributed by atoms with Crippen LogP contribution < -0.4 is 14.7 Å². The molecule has 2 saturated heterocycles. The number of nitrogens with zero attached hydrogens (tertiary/aromatic N) is 8. The van der Waals surface area contributed by atoms with Crippen LogP contribution in [-0.2, 0) is 24.1 Å². The van der Waals surface area contributed by atoms with Crippen molar-refractivity contribution in [2.45, 2.75) is 63.1 Å². The summed E-state index contributed by atoms with van der Waals surface area (Å²) in [5.74, 6) is 1.39. The van der Waals surface area contributed by atoms with Gasteiger partial charge in [-0.25, -0.2) is 9.37 Å². The second-order valence-electron chi connectivity index (χ2n) is 12.3. The van der Waals surface area contributed by atoms with Gasteiger partial charge in [0.05, 0.1) is 24.2 Å². The molecule has 0 N–H and O–H groups in total. The van der Waals surface area contributed by atoms with Crippen molar-refractivity contribution >= 4 is 23.4 Å². The highest BCUT2D eigenvalue weighted by Crippen LogP contribution is 2.37. The minimum atomic E-state index is -0.218. The fraction of sp³-hybridized carbons (Fsp3) is 0.562. The smallest absolute Gasteiger partial charge is 0.246 e. The molecule has 0 radical (unpaired) electrons. The lowest BCUT2D eigenvalue weighted by Crippen LogP contribution is -2.55. The highest BCUT2D eigenvalue weighted by molar-refractivity contribution is 5.87. The quantitative estimate of drug-likeness (QED) is 0.489. The molecule has 0 unspecified atom stereocenters. The minimum Gasteiger partial charge on any atom is -0.368 e. The monoisotopic (exact) mass is 572 g/mol. The summed E-state index contributed by atoms with van der Waals surface area (Å²) in [5.41, 5.74) is 4.50. The Labute approximate surface area is 248 Å². The van der Waals surface area contributed by atoms with E-state index in [9.17, 15) is 14.4 Å². The van der Waals surface area contributed by atoms with Gasteiger partial charge in [0, 0.05) is 69.0 Å². The Balaban J connectivity index is 1.34. The normalized spacial score (nSPS) is 23.9. The van der Waals surface area contributed by atoms with Crippen LogP contribution in [0.15, 0.2) is 30.9 Å². The molecule has 2 fully saturated rings.